The third-order valence-electron chi connectivity index (χ3n) is 7.31. The zero-order chi connectivity index (χ0) is 28.1. The lowest BCUT2D eigenvalue weighted by Gasteiger charge is -2.12. The van der Waals surface area contributed by atoms with Gasteiger partial charge in [-0.1, -0.05) is 62.4 Å². The molecule has 41 heavy (non-hydrogen) atoms. The molecule has 0 radical (unpaired) electrons. The number of hydrogen-bond donors (Lipinski definition) is 0. The number of hydrogen-bond acceptors (Lipinski definition) is 7. The van der Waals surface area contributed by atoms with Crippen molar-refractivity contribution in [2.24, 2.45) is 5.92 Å². The quantitative estimate of drug-likeness (QED) is 0.180. The third-order valence-corrected chi connectivity index (χ3v) is 11.4. The monoisotopic (exact) mass is 607 g/mol. The first kappa shape index (κ1) is 26.5. The molecule has 0 bridgehead atoms. The van der Waals surface area contributed by atoms with Crippen molar-refractivity contribution in [3.05, 3.63) is 90.5 Å². The van der Waals surface area contributed by atoms with Gasteiger partial charge in [0.05, 0.1) is 11.7 Å². The summed E-state index contributed by atoms with van der Waals surface area (Å²) in [4.78, 5) is 7.18. The van der Waals surface area contributed by atoms with Gasteiger partial charge in [0.1, 0.15) is 11.0 Å². The third kappa shape index (κ3) is 5.12. The van der Waals surface area contributed by atoms with Crippen molar-refractivity contribution < 1.29 is 0 Å². The maximum atomic E-state index is 4.76. The highest BCUT2D eigenvalue weighted by Crippen LogP contribution is 2.45. The molecule has 0 aliphatic rings. The summed E-state index contributed by atoms with van der Waals surface area (Å²) in [5.74, 6) is 0.675. The molecule has 4 aromatic heterocycles. The summed E-state index contributed by atoms with van der Waals surface area (Å²) < 4.78 is 12.2. The molecule has 0 amide bonds. The first-order valence-corrected chi connectivity index (χ1v) is 16.9. The molecule has 3 aromatic carbocycles. The number of rotatable bonds is 7. The zero-order valence-electron chi connectivity index (χ0n) is 23.3. The molecule has 0 unspecified atom stereocenters. The van der Waals surface area contributed by atoms with Crippen LogP contribution in [0.15, 0.2) is 84.9 Å². The highest BCUT2D eigenvalue weighted by molar-refractivity contribution is 7.31. The molecule has 3 nitrogen and oxygen atoms in total. The summed E-state index contributed by atoms with van der Waals surface area (Å²) in [5.41, 5.74) is 9.45. The molecule has 0 aliphatic heterocycles. The van der Waals surface area contributed by atoms with Gasteiger partial charge < -0.3 is 4.90 Å². The van der Waals surface area contributed by atoms with E-state index in [0.717, 1.165) is 23.0 Å². The highest BCUT2D eigenvalue weighted by atomic mass is 32.1. The SMILES string of the molecule is CC(C)Cc1ccc(-c2cc3sc(-c4ccc(-c5ccc(-c6ccc(N(C)C)cc6)s5)c5nsnc45)cc3s2)cc1. The van der Waals surface area contributed by atoms with Gasteiger partial charge in [-0.05, 0) is 65.4 Å². The average molecular weight is 608 g/mol. The van der Waals surface area contributed by atoms with Gasteiger partial charge in [0, 0.05) is 59.8 Å². The summed E-state index contributed by atoms with van der Waals surface area (Å²) >= 11 is 6.83. The fraction of sp³-hybridized carbons (Fsp3) is 0.176. The van der Waals surface area contributed by atoms with Crippen LogP contribution in [0.5, 0.6) is 0 Å². The Morgan fingerprint density at radius 1 is 0.610 bits per heavy atom. The lowest BCUT2D eigenvalue weighted by molar-refractivity contribution is 0.647. The van der Waals surface area contributed by atoms with Crippen molar-refractivity contribution in [2.45, 2.75) is 20.3 Å². The van der Waals surface area contributed by atoms with Gasteiger partial charge in [-0.25, -0.2) is 0 Å². The minimum absolute atomic E-state index is 0.675. The van der Waals surface area contributed by atoms with Crippen molar-refractivity contribution in [3.8, 4) is 41.8 Å². The molecule has 0 fully saturated rings. The van der Waals surface area contributed by atoms with E-state index in [9.17, 15) is 0 Å². The van der Waals surface area contributed by atoms with E-state index in [0.29, 0.717) is 5.92 Å². The second-order valence-electron chi connectivity index (χ2n) is 11.0. The van der Waals surface area contributed by atoms with Crippen LogP contribution in [0, 0.1) is 5.92 Å². The molecular formula is C34H29N3S4. The van der Waals surface area contributed by atoms with Gasteiger partial charge in [0.2, 0.25) is 0 Å². The van der Waals surface area contributed by atoms with Crippen LogP contribution in [0.2, 0.25) is 0 Å². The Bertz CT molecular complexity index is 1940. The maximum Gasteiger partial charge on any atom is 0.114 e. The number of aromatic nitrogens is 2. The molecule has 7 aromatic rings. The fourth-order valence-corrected chi connectivity index (χ4v) is 9.25. The molecule has 0 atom stereocenters. The van der Waals surface area contributed by atoms with Gasteiger partial charge in [-0.15, -0.1) is 34.0 Å². The normalized spacial score (nSPS) is 11.7. The average Bonchev–Trinajstić information content (AvgIpc) is 3.76. The van der Waals surface area contributed by atoms with Crippen LogP contribution in [-0.2, 0) is 6.42 Å². The lowest BCUT2D eigenvalue weighted by atomic mass is 10.0. The topological polar surface area (TPSA) is 29.0 Å². The summed E-state index contributed by atoms with van der Waals surface area (Å²) in [6.45, 7) is 4.54. The fourth-order valence-electron chi connectivity index (χ4n) is 5.21. The smallest absolute Gasteiger partial charge is 0.114 e. The second-order valence-corrected chi connectivity index (χ2v) is 14.8. The van der Waals surface area contributed by atoms with Crippen molar-refractivity contribution in [1.29, 1.82) is 0 Å². The molecule has 0 saturated carbocycles. The second kappa shape index (κ2) is 10.8. The largest absolute Gasteiger partial charge is 0.378 e. The standard InChI is InChI=1S/C34H29N3S4/c1-20(2)17-21-5-7-23(8-6-21)29-18-31-32(39-29)19-30(40-31)26-14-13-25(33-34(26)36-41-35-33)28-16-15-27(38-28)22-9-11-24(12-10-22)37(3)4/h5-16,18-20H,17H2,1-4H3. The van der Waals surface area contributed by atoms with Crippen LogP contribution in [0.1, 0.15) is 19.4 Å². The van der Waals surface area contributed by atoms with Crippen LogP contribution in [0.25, 0.3) is 62.2 Å². The Morgan fingerprint density at radius 3 is 1.83 bits per heavy atom. The Kier molecular flexibility index (Phi) is 6.99. The van der Waals surface area contributed by atoms with Crippen LogP contribution in [0.4, 0.5) is 5.69 Å². The summed E-state index contributed by atoms with van der Waals surface area (Å²) in [6.07, 6.45) is 1.13. The highest BCUT2D eigenvalue weighted by Gasteiger charge is 2.18. The van der Waals surface area contributed by atoms with Crippen molar-refractivity contribution >= 4 is 71.9 Å². The Hall–Kier alpha value is -3.36. The number of benzene rings is 3. The summed E-state index contributed by atoms with van der Waals surface area (Å²) in [7, 11) is 4.14. The minimum Gasteiger partial charge on any atom is -0.378 e. The maximum absolute atomic E-state index is 4.76. The molecular weight excluding hydrogens is 579 g/mol. The van der Waals surface area contributed by atoms with Gasteiger partial charge in [0.15, 0.2) is 0 Å². The van der Waals surface area contributed by atoms with E-state index < -0.39 is 0 Å². The first-order chi connectivity index (χ1) is 19.9. The van der Waals surface area contributed by atoms with E-state index in [1.165, 1.54) is 68.6 Å². The Labute approximate surface area is 256 Å². The van der Waals surface area contributed by atoms with Gasteiger partial charge in [0.25, 0.3) is 0 Å². The van der Waals surface area contributed by atoms with Gasteiger partial charge in [-0.3, -0.25) is 0 Å². The van der Waals surface area contributed by atoms with E-state index in [1.54, 1.807) is 0 Å². The predicted molar refractivity (Wildman–Crippen MR) is 183 cm³/mol. The number of thiophene rings is 3. The minimum atomic E-state index is 0.675. The Morgan fingerprint density at radius 2 is 1.17 bits per heavy atom. The van der Waals surface area contributed by atoms with E-state index in [2.05, 4.69) is 118 Å². The van der Waals surface area contributed by atoms with E-state index in [1.807, 2.05) is 34.0 Å². The van der Waals surface area contributed by atoms with E-state index in [4.69, 9.17) is 8.75 Å². The van der Waals surface area contributed by atoms with Crippen molar-refractivity contribution in [3.63, 3.8) is 0 Å². The van der Waals surface area contributed by atoms with Crippen molar-refractivity contribution in [1.82, 2.24) is 8.75 Å². The lowest BCUT2D eigenvalue weighted by Crippen LogP contribution is -2.07. The van der Waals surface area contributed by atoms with Crippen molar-refractivity contribution in [2.75, 3.05) is 19.0 Å². The number of nitrogens with zero attached hydrogens (tertiary/aromatic N) is 3. The van der Waals surface area contributed by atoms with Gasteiger partial charge >= 0.3 is 0 Å². The Balaban J connectivity index is 1.18. The molecule has 0 saturated heterocycles. The van der Waals surface area contributed by atoms with Crippen LogP contribution < -0.4 is 4.90 Å². The first-order valence-electron chi connectivity index (χ1n) is 13.7. The predicted octanol–water partition coefficient (Wildman–Crippen LogP) is 11.0. The van der Waals surface area contributed by atoms with Crippen LogP contribution in [-0.4, -0.2) is 22.8 Å². The molecule has 204 valence electrons. The molecule has 4 heterocycles. The molecule has 7 heteroatoms. The van der Waals surface area contributed by atoms with Gasteiger partial charge in [-0.2, -0.15) is 8.75 Å². The van der Waals surface area contributed by atoms with E-state index >= 15 is 0 Å². The molecule has 0 N–H and O–H groups in total. The van der Waals surface area contributed by atoms with E-state index in [-0.39, 0.29) is 0 Å². The number of fused-ring (bicyclic) bond motifs is 2. The summed E-state index contributed by atoms with van der Waals surface area (Å²) in [6, 6.07) is 31.4. The van der Waals surface area contributed by atoms with Crippen LogP contribution >= 0.6 is 45.7 Å². The molecule has 0 spiro atoms. The summed E-state index contributed by atoms with van der Waals surface area (Å²) in [5, 5.41) is 0. The number of anilines is 1. The zero-order valence-corrected chi connectivity index (χ0v) is 26.6. The van der Waals surface area contributed by atoms with Crippen LogP contribution in [0.3, 0.4) is 0 Å². The molecule has 0 aliphatic carbocycles. The molecule has 7 rings (SSSR count).